The van der Waals surface area contributed by atoms with Gasteiger partial charge in [0.15, 0.2) is 0 Å². The van der Waals surface area contributed by atoms with Gasteiger partial charge in [-0.25, -0.2) is 0 Å². The number of hydrogen-bond acceptors (Lipinski definition) is 0. The fourth-order valence-electron chi connectivity index (χ4n) is 8.08. The summed E-state index contributed by atoms with van der Waals surface area (Å²) in [5.41, 5.74) is 13.8. The first-order valence-corrected chi connectivity index (χ1v) is 14.4. The molecule has 9 rings (SSSR count). The van der Waals surface area contributed by atoms with Crippen molar-refractivity contribution in [2.75, 3.05) is 0 Å². The van der Waals surface area contributed by atoms with Crippen molar-refractivity contribution in [2.24, 2.45) is 0 Å². The molecular formula is C40H30. The smallest absolute Gasteiger partial charge is 0.0159 e. The van der Waals surface area contributed by atoms with Crippen LogP contribution in [0.1, 0.15) is 49.9 Å². The van der Waals surface area contributed by atoms with E-state index >= 15 is 0 Å². The summed E-state index contributed by atoms with van der Waals surface area (Å²) in [4.78, 5) is 0. The molecule has 0 aliphatic heterocycles. The molecule has 2 aliphatic carbocycles. The van der Waals surface area contributed by atoms with Gasteiger partial charge >= 0.3 is 0 Å². The van der Waals surface area contributed by atoms with Crippen LogP contribution < -0.4 is 0 Å². The Bertz CT molecular complexity index is 2190. The van der Waals surface area contributed by atoms with Crippen LogP contribution in [-0.2, 0) is 10.8 Å². The predicted octanol–water partition coefficient (Wildman–Crippen LogP) is 10.9. The minimum atomic E-state index is -0.0721. The largest absolute Gasteiger partial charge is 0.0619 e. The third kappa shape index (κ3) is 2.62. The highest BCUT2D eigenvalue weighted by Gasteiger charge is 2.38. The molecule has 0 spiro atoms. The fourth-order valence-corrected chi connectivity index (χ4v) is 8.08. The molecule has 0 fully saturated rings. The number of rotatable bonds is 1. The molecule has 40 heavy (non-hydrogen) atoms. The highest BCUT2D eigenvalue weighted by atomic mass is 14.4. The van der Waals surface area contributed by atoms with Crippen LogP contribution in [0.15, 0.2) is 109 Å². The van der Waals surface area contributed by atoms with Gasteiger partial charge in [-0.3, -0.25) is 0 Å². The van der Waals surface area contributed by atoms with Gasteiger partial charge in [0, 0.05) is 10.8 Å². The Hall–Kier alpha value is -4.42. The van der Waals surface area contributed by atoms with E-state index in [9.17, 15) is 0 Å². The molecular weight excluding hydrogens is 480 g/mol. The van der Waals surface area contributed by atoms with E-state index in [1.807, 2.05) is 0 Å². The van der Waals surface area contributed by atoms with E-state index in [1.54, 1.807) is 0 Å². The lowest BCUT2D eigenvalue weighted by atomic mass is 9.79. The zero-order valence-electron chi connectivity index (χ0n) is 23.4. The van der Waals surface area contributed by atoms with Gasteiger partial charge in [0.05, 0.1) is 0 Å². The lowest BCUT2D eigenvalue weighted by Crippen LogP contribution is -2.15. The average molecular weight is 511 g/mol. The van der Waals surface area contributed by atoms with Gasteiger partial charge in [0.1, 0.15) is 0 Å². The highest BCUT2D eigenvalue weighted by Crippen LogP contribution is 2.55. The summed E-state index contributed by atoms with van der Waals surface area (Å²) in [6.07, 6.45) is 0. The van der Waals surface area contributed by atoms with E-state index < -0.39 is 0 Å². The van der Waals surface area contributed by atoms with E-state index in [0.29, 0.717) is 0 Å². The summed E-state index contributed by atoms with van der Waals surface area (Å²) >= 11 is 0. The summed E-state index contributed by atoms with van der Waals surface area (Å²) in [5.74, 6) is 0. The van der Waals surface area contributed by atoms with E-state index in [4.69, 9.17) is 0 Å². The molecule has 2 aliphatic rings. The molecule has 7 aromatic carbocycles. The van der Waals surface area contributed by atoms with Crippen LogP contribution in [0.4, 0.5) is 0 Å². The fraction of sp³-hybridized carbons (Fsp3) is 0.150. The zero-order valence-corrected chi connectivity index (χ0v) is 23.4. The maximum atomic E-state index is 2.47. The lowest BCUT2D eigenvalue weighted by Gasteiger charge is -2.24. The molecule has 0 unspecified atom stereocenters. The molecule has 0 nitrogen and oxygen atoms in total. The van der Waals surface area contributed by atoms with Crippen LogP contribution in [0.2, 0.25) is 0 Å². The number of fused-ring (bicyclic) bond motifs is 7. The van der Waals surface area contributed by atoms with E-state index in [0.717, 1.165) is 0 Å². The van der Waals surface area contributed by atoms with Crippen LogP contribution in [-0.4, -0.2) is 0 Å². The first-order valence-electron chi connectivity index (χ1n) is 14.4. The highest BCUT2D eigenvalue weighted by molar-refractivity contribution is 6.26. The second kappa shape index (κ2) is 7.20. The molecule has 0 saturated carbocycles. The van der Waals surface area contributed by atoms with Crippen molar-refractivity contribution in [1.29, 1.82) is 0 Å². The van der Waals surface area contributed by atoms with Crippen LogP contribution >= 0.6 is 0 Å². The lowest BCUT2D eigenvalue weighted by molar-refractivity contribution is 0.660. The summed E-state index contributed by atoms with van der Waals surface area (Å²) in [6.45, 7) is 9.54. The Morgan fingerprint density at radius 2 is 1.00 bits per heavy atom. The summed E-state index contributed by atoms with van der Waals surface area (Å²) in [6, 6.07) is 41.6. The topological polar surface area (TPSA) is 0 Å². The third-order valence-corrected chi connectivity index (χ3v) is 10.2. The molecule has 0 amide bonds. The van der Waals surface area contributed by atoms with Gasteiger partial charge in [-0.05, 0) is 106 Å². The van der Waals surface area contributed by atoms with Gasteiger partial charge in [0.2, 0.25) is 0 Å². The van der Waals surface area contributed by atoms with Crippen molar-refractivity contribution < 1.29 is 0 Å². The van der Waals surface area contributed by atoms with Crippen molar-refractivity contribution in [3.8, 4) is 33.4 Å². The summed E-state index contributed by atoms with van der Waals surface area (Å²) < 4.78 is 0. The molecule has 7 aromatic rings. The second-order valence-corrected chi connectivity index (χ2v) is 13.0. The maximum absolute atomic E-state index is 2.47. The van der Waals surface area contributed by atoms with Gasteiger partial charge in [-0.1, -0.05) is 119 Å². The van der Waals surface area contributed by atoms with Crippen LogP contribution in [0.5, 0.6) is 0 Å². The molecule has 0 bridgehead atoms. The first-order chi connectivity index (χ1) is 19.3. The Balaban J connectivity index is 1.26. The van der Waals surface area contributed by atoms with E-state index in [1.165, 1.54) is 88.0 Å². The van der Waals surface area contributed by atoms with E-state index in [-0.39, 0.29) is 10.8 Å². The average Bonchev–Trinajstić information content (AvgIpc) is 3.35. The summed E-state index contributed by atoms with van der Waals surface area (Å²) in [5, 5.41) is 8.18. The normalized spacial score (nSPS) is 15.9. The molecule has 0 heterocycles. The van der Waals surface area contributed by atoms with Gasteiger partial charge < -0.3 is 0 Å². The van der Waals surface area contributed by atoms with Crippen LogP contribution in [0, 0.1) is 0 Å². The van der Waals surface area contributed by atoms with Crippen molar-refractivity contribution in [2.45, 2.75) is 38.5 Å². The molecule has 0 atom stereocenters. The van der Waals surface area contributed by atoms with Crippen molar-refractivity contribution in [1.82, 2.24) is 0 Å². The third-order valence-electron chi connectivity index (χ3n) is 10.2. The molecule has 190 valence electrons. The predicted molar refractivity (Wildman–Crippen MR) is 171 cm³/mol. The van der Waals surface area contributed by atoms with Crippen LogP contribution in [0.25, 0.3) is 65.7 Å². The quantitative estimate of drug-likeness (QED) is 0.193. The molecule has 0 N–H and O–H groups in total. The Morgan fingerprint density at radius 1 is 0.400 bits per heavy atom. The van der Waals surface area contributed by atoms with Gasteiger partial charge in [0.25, 0.3) is 0 Å². The minimum absolute atomic E-state index is 0.00486. The Labute approximate surface area is 235 Å². The number of benzene rings is 7. The SMILES string of the molecule is CC1(C)c2ccccc2-c2ccc(-c3ccc4c(c3)C(C)(C)c3cc5ccc6cccc7ccc(c3-4)c5c67)cc21. The van der Waals surface area contributed by atoms with Gasteiger partial charge in [-0.15, -0.1) is 0 Å². The standard InChI is InChI=1S/C40H30/c1-39(2)32-11-6-5-10-28(32)29-17-15-25(20-33(29)39)26-16-18-30-34(21-26)40(3,4)35-22-27-13-12-23-8-7-9-24-14-19-31(38(30)35)37(27)36(23)24/h5-22H,1-4H3. The van der Waals surface area contributed by atoms with E-state index in [2.05, 4.69) is 137 Å². The number of hydrogen-bond donors (Lipinski definition) is 0. The minimum Gasteiger partial charge on any atom is -0.0619 e. The second-order valence-electron chi connectivity index (χ2n) is 13.0. The van der Waals surface area contributed by atoms with Crippen molar-refractivity contribution in [3.63, 3.8) is 0 Å². The monoisotopic (exact) mass is 510 g/mol. The molecule has 0 aromatic heterocycles. The van der Waals surface area contributed by atoms with Crippen molar-refractivity contribution >= 4 is 32.3 Å². The van der Waals surface area contributed by atoms with Gasteiger partial charge in [-0.2, -0.15) is 0 Å². The zero-order chi connectivity index (χ0) is 27.0. The Kier molecular flexibility index (Phi) is 4.03. The first kappa shape index (κ1) is 22.4. The summed E-state index contributed by atoms with van der Waals surface area (Å²) in [7, 11) is 0. The maximum Gasteiger partial charge on any atom is 0.0159 e. The van der Waals surface area contributed by atoms with Crippen molar-refractivity contribution in [3.05, 3.63) is 131 Å². The molecule has 0 radical (unpaired) electrons. The Morgan fingerprint density at radius 3 is 1.77 bits per heavy atom. The van der Waals surface area contributed by atoms with Crippen LogP contribution in [0.3, 0.4) is 0 Å². The molecule has 0 saturated heterocycles. The molecule has 0 heteroatoms.